The maximum Gasteiger partial charge on any atom is 0.329 e. The van der Waals surface area contributed by atoms with Crippen LogP contribution in [0.5, 0.6) is 5.75 Å². The summed E-state index contributed by atoms with van der Waals surface area (Å²) >= 11 is 1.17. The van der Waals surface area contributed by atoms with Crippen LogP contribution in [0.2, 0.25) is 0 Å². The molecule has 0 aliphatic carbocycles. The molecule has 10 heteroatoms. The van der Waals surface area contributed by atoms with Crippen molar-refractivity contribution < 1.29 is 14.3 Å². The highest BCUT2D eigenvalue weighted by molar-refractivity contribution is 8.00. The average molecular weight is 418 g/mol. The van der Waals surface area contributed by atoms with E-state index in [4.69, 9.17) is 9.47 Å². The minimum atomic E-state index is -0.544. The number of esters is 1. The first-order valence-electron chi connectivity index (χ1n) is 9.04. The van der Waals surface area contributed by atoms with E-state index < -0.39 is 22.5 Å². The number of aromatic nitrogens is 4. The zero-order chi connectivity index (χ0) is 21.0. The molecule has 1 atom stereocenters. The van der Waals surface area contributed by atoms with E-state index in [9.17, 15) is 14.4 Å². The predicted octanol–water partition coefficient (Wildman–Crippen LogP) is 1.55. The van der Waals surface area contributed by atoms with Crippen molar-refractivity contribution in [1.29, 1.82) is 0 Å². The number of hydrogen-bond acceptors (Lipinski definition) is 7. The first-order valence-corrected chi connectivity index (χ1v) is 9.92. The normalized spacial score (nSPS) is 12.1. The molecule has 0 radical (unpaired) electrons. The van der Waals surface area contributed by atoms with Crippen molar-refractivity contribution in [3.63, 3.8) is 0 Å². The van der Waals surface area contributed by atoms with Gasteiger partial charge >= 0.3 is 11.7 Å². The van der Waals surface area contributed by atoms with Crippen molar-refractivity contribution in [1.82, 2.24) is 19.1 Å². The number of carbonyl (C=O) groups is 1. The molecule has 0 spiro atoms. The monoisotopic (exact) mass is 418 g/mol. The molecule has 2 heterocycles. The van der Waals surface area contributed by atoms with Crippen LogP contribution in [-0.2, 0) is 23.1 Å². The topological polar surface area (TPSA) is 108 Å². The van der Waals surface area contributed by atoms with E-state index in [1.165, 1.54) is 30.5 Å². The van der Waals surface area contributed by atoms with Crippen molar-refractivity contribution in [2.75, 3.05) is 13.7 Å². The minimum Gasteiger partial charge on any atom is -0.494 e. The number of para-hydroxylation sites is 1. The van der Waals surface area contributed by atoms with Gasteiger partial charge in [-0.05, 0) is 25.5 Å². The number of nitrogens with one attached hydrogen (secondary N) is 1. The molecular weight excluding hydrogens is 396 g/mol. The maximum atomic E-state index is 12.5. The van der Waals surface area contributed by atoms with Crippen LogP contribution < -0.4 is 16.0 Å². The summed E-state index contributed by atoms with van der Waals surface area (Å²) in [6.45, 7) is 2.56. The van der Waals surface area contributed by atoms with E-state index in [1.807, 2.05) is 30.3 Å². The smallest absolute Gasteiger partial charge is 0.329 e. The SMILES string of the molecule is COC(=O)[C@@H](C)Sc1nc2c(c(=O)[nH]c(=O)n2C)n1CCCOc1ccccc1. The number of methoxy groups -OCH3 is 1. The molecule has 1 aromatic carbocycles. The van der Waals surface area contributed by atoms with Gasteiger partial charge < -0.3 is 14.0 Å². The summed E-state index contributed by atoms with van der Waals surface area (Å²) < 4.78 is 13.5. The molecule has 2 aromatic heterocycles. The number of fused-ring (bicyclic) bond motifs is 1. The average Bonchev–Trinajstić information content (AvgIpc) is 3.08. The van der Waals surface area contributed by atoms with Gasteiger partial charge in [0.1, 0.15) is 11.0 Å². The van der Waals surface area contributed by atoms with Crippen LogP contribution >= 0.6 is 11.8 Å². The minimum absolute atomic E-state index is 0.266. The van der Waals surface area contributed by atoms with E-state index in [-0.39, 0.29) is 11.2 Å². The number of benzene rings is 1. The molecule has 0 saturated carbocycles. The molecule has 0 fully saturated rings. The Morgan fingerprint density at radius 2 is 2.00 bits per heavy atom. The van der Waals surface area contributed by atoms with Gasteiger partial charge in [0.05, 0.1) is 13.7 Å². The fraction of sp³-hybridized carbons (Fsp3) is 0.368. The molecule has 0 saturated heterocycles. The van der Waals surface area contributed by atoms with Gasteiger partial charge in [0, 0.05) is 13.6 Å². The second-order valence-electron chi connectivity index (χ2n) is 6.33. The summed E-state index contributed by atoms with van der Waals surface area (Å²) in [5, 5.41) is -0.0587. The number of carbonyl (C=O) groups excluding carboxylic acids is 1. The van der Waals surface area contributed by atoms with Crippen LogP contribution in [0.25, 0.3) is 11.2 Å². The van der Waals surface area contributed by atoms with Gasteiger partial charge in [0.15, 0.2) is 16.3 Å². The third kappa shape index (κ3) is 4.53. The fourth-order valence-corrected chi connectivity index (χ4v) is 3.77. The lowest BCUT2D eigenvalue weighted by Crippen LogP contribution is -2.29. The van der Waals surface area contributed by atoms with E-state index in [1.54, 1.807) is 11.5 Å². The van der Waals surface area contributed by atoms with Gasteiger partial charge in [0.2, 0.25) is 0 Å². The number of imidazole rings is 1. The predicted molar refractivity (Wildman–Crippen MR) is 109 cm³/mol. The summed E-state index contributed by atoms with van der Waals surface area (Å²) in [5.74, 6) is 0.362. The number of ether oxygens (including phenoxy) is 2. The molecule has 0 aliphatic heterocycles. The first-order chi connectivity index (χ1) is 13.9. The zero-order valence-electron chi connectivity index (χ0n) is 16.4. The molecule has 9 nitrogen and oxygen atoms in total. The van der Waals surface area contributed by atoms with E-state index in [2.05, 4.69) is 9.97 Å². The van der Waals surface area contributed by atoms with Crippen LogP contribution in [0.4, 0.5) is 0 Å². The fourth-order valence-electron chi connectivity index (χ4n) is 2.81. The van der Waals surface area contributed by atoms with Crippen LogP contribution in [0.1, 0.15) is 13.3 Å². The number of nitrogens with zero attached hydrogens (tertiary/aromatic N) is 3. The molecular formula is C19H22N4O5S. The molecule has 3 aromatic rings. The van der Waals surface area contributed by atoms with E-state index >= 15 is 0 Å². The van der Waals surface area contributed by atoms with Crippen LogP contribution in [0, 0.1) is 0 Å². The van der Waals surface area contributed by atoms with Crippen molar-refractivity contribution in [2.45, 2.75) is 30.3 Å². The molecule has 0 unspecified atom stereocenters. The second-order valence-corrected chi connectivity index (χ2v) is 7.64. The van der Waals surface area contributed by atoms with Gasteiger partial charge in [0.25, 0.3) is 5.56 Å². The highest BCUT2D eigenvalue weighted by atomic mass is 32.2. The van der Waals surface area contributed by atoms with Gasteiger partial charge in [-0.25, -0.2) is 9.78 Å². The largest absolute Gasteiger partial charge is 0.494 e. The standard InChI is InChI=1S/C19H22N4O5S/c1-12(17(25)27-3)29-19-20-15-14(16(24)21-18(26)22(15)2)23(19)10-7-11-28-13-8-5-4-6-9-13/h4-6,8-9,12H,7,10-11H2,1-3H3,(H,21,24,26)/t12-/m1/s1. The van der Waals surface area contributed by atoms with Gasteiger partial charge in [-0.1, -0.05) is 30.0 Å². The van der Waals surface area contributed by atoms with Gasteiger partial charge in [-0.15, -0.1) is 0 Å². The summed E-state index contributed by atoms with van der Waals surface area (Å²) in [4.78, 5) is 42.9. The second kappa shape index (κ2) is 8.99. The van der Waals surface area contributed by atoms with E-state index in [0.717, 1.165) is 5.75 Å². The molecule has 0 aliphatic rings. The number of aromatic amines is 1. The number of H-pyrrole nitrogens is 1. The summed E-state index contributed by atoms with van der Waals surface area (Å²) in [5.41, 5.74) is -0.511. The molecule has 154 valence electrons. The lowest BCUT2D eigenvalue weighted by Gasteiger charge is -2.12. The number of aryl methyl sites for hydroxylation is 2. The Kier molecular flexibility index (Phi) is 6.42. The summed E-state index contributed by atoms with van der Waals surface area (Å²) in [6.07, 6.45) is 0.600. The molecule has 1 N–H and O–H groups in total. The highest BCUT2D eigenvalue weighted by Crippen LogP contribution is 2.26. The highest BCUT2D eigenvalue weighted by Gasteiger charge is 2.22. The van der Waals surface area contributed by atoms with Crippen LogP contribution in [0.3, 0.4) is 0 Å². The third-order valence-corrected chi connectivity index (χ3v) is 5.39. The van der Waals surface area contributed by atoms with E-state index in [0.29, 0.717) is 24.7 Å². The first kappa shape index (κ1) is 20.7. The Bertz CT molecular complexity index is 1120. The Morgan fingerprint density at radius 3 is 2.69 bits per heavy atom. The Labute approximate surface area is 170 Å². The van der Waals surface area contributed by atoms with Gasteiger partial charge in [-0.2, -0.15) is 0 Å². The zero-order valence-corrected chi connectivity index (χ0v) is 17.2. The maximum absolute atomic E-state index is 12.5. The quantitative estimate of drug-likeness (QED) is 0.336. The lowest BCUT2D eigenvalue weighted by atomic mass is 10.3. The molecule has 3 rings (SSSR count). The van der Waals surface area contributed by atoms with Crippen molar-refractivity contribution in [3.05, 3.63) is 51.2 Å². The van der Waals surface area contributed by atoms with Crippen molar-refractivity contribution in [2.24, 2.45) is 7.05 Å². The number of rotatable bonds is 8. The van der Waals surface area contributed by atoms with Crippen LogP contribution in [-0.4, -0.2) is 44.0 Å². The summed E-state index contributed by atoms with van der Waals surface area (Å²) in [7, 11) is 2.85. The van der Waals surface area contributed by atoms with Crippen molar-refractivity contribution >= 4 is 28.9 Å². The van der Waals surface area contributed by atoms with Crippen molar-refractivity contribution in [3.8, 4) is 5.75 Å². The number of hydrogen-bond donors (Lipinski definition) is 1. The third-order valence-electron chi connectivity index (χ3n) is 4.33. The molecule has 0 amide bonds. The molecule has 29 heavy (non-hydrogen) atoms. The summed E-state index contributed by atoms with van der Waals surface area (Å²) in [6, 6.07) is 9.43. The lowest BCUT2D eigenvalue weighted by molar-refractivity contribution is -0.139. The number of thioether (sulfide) groups is 1. The Balaban J connectivity index is 1.88. The van der Waals surface area contributed by atoms with Gasteiger partial charge in [-0.3, -0.25) is 19.1 Å². The Morgan fingerprint density at radius 1 is 1.28 bits per heavy atom. The van der Waals surface area contributed by atoms with Crippen LogP contribution in [0.15, 0.2) is 45.1 Å². The Hall–Kier alpha value is -3.01. The molecule has 0 bridgehead atoms.